The zero-order valence-corrected chi connectivity index (χ0v) is 20.1. The standard InChI is InChI=1S/C29H31N5O/c1-21(2)24-9-13-26(14-10-24)34(29(35)32-19-22-6-4-3-5-7-22)27-15-11-25(12-16-27)33-28-17-8-23(18-30)20-31-28/h3-10,13-14,17,20,25,27H,1,11-12,15-16,19H2,2H3,(H,31,33)(H,32,35). The number of allylic oxidation sites excluding steroid dienone is 1. The summed E-state index contributed by atoms with van der Waals surface area (Å²) in [5.74, 6) is 0.778. The van der Waals surface area contributed by atoms with Gasteiger partial charge in [0.25, 0.3) is 0 Å². The topological polar surface area (TPSA) is 81.0 Å². The number of aromatic nitrogens is 1. The van der Waals surface area contributed by atoms with Gasteiger partial charge in [-0.2, -0.15) is 5.26 Å². The molecule has 0 bridgehead atoms. The molecule has 3 aromatic rings. The molecule has 1 heterocycles. The molecule has 0 spiro atoms. The van der Waals surface area contributed by atoms with E-state index in [1.165, 1.54) is 0 Å². The Morgan fingerprint density at radius 1 is 1.06 bits per heavy atom. The third kappa shape index (κ3) is 6.27. The fourth-order valence-electron chi connectivity index (χ4n) is 4.49. The summed E-state index contributed by atoms with van der Waals surface area (Å²) >= 11 is 0. The van der Waals surface area contributed by atoms with Gasteiger partial charge in [0.1, 0.15) is 11.9 Å². The molecule has 1 aromatic heterocycles. The number of carbonyl (C=O) groups is 1. The molecule has 178 valence electrons. The van der Waals surface area contributed by atoms with Crippen molar-refractivity contribution < 1.29 is 4.79 Å². The van der Waals surface area contributed by atoms with Gasteiger partial charge in [-0.05, 0) is 68.0 Å². The molecule has 1 fully saturated rings. The first kappa shape index (κ1) is 24.0. The minimum absolute atomic E-state index is 0.0814. The lowest BCUT2D eigenvalue weighted by atomic mass is 9.89. The van der Waals surface area contributed by atoms with E-state index >= 15 is 0 Å². The molecule has 0 saturated heterocycles. The molecule has 1 aliphatic carbocycles. The Balaban J connectivity index is 1.44. The average Bonchev–Trinajstić information content (AvgIpc) is 2.90. The highest BCUT2D eigenvalue weighted by molar-refractivity contribution is 5.92. The molecule has 2 N–H and O–H groups in total. The van der Waals surface area contributed by atoms with Crippen LogP contribution < -0.4 is 15.5 Å². The quantitative estimate of drug-likeness (QED) is 0.440. The van der Waals surface area contributed by atoms with Crippen molar-refractivity contribution in [2.24, 2.45) is 0 Å². The van der Waals surface area contributed by atoms with E-state index in [2.05, 4.69) is 28.3 Å². The van der Waals surface area contributed by atoms with E-state index in [-0.39, 0.29) is 18.1 Å². The lowest BCUT2D eigenvalue weighted by Gasteiger charge is -2.37. The normalized spacial score (nSPS) is 17.1. The summed E-state index contributed by atoms with van der Waals surface area (Å²) in [6.45, 7) is 6.49. The van der Waals surface area contributed by atoms with Gasteiger partial charge in [0, 0.05) is 30.5 Å². The number of rotatable bonds is 7. The van der Waals surface area contributed by atoms with Crippen molar-refractivity contribution in [1.29, 1.82) is 5.26 Å². The maximum Gasteiger partial charge on any atom is 0.322 e. The van der Waals surface area contributed by atoms with E-state index in [9.17, 15) is 4.79 Å². The van der Waals surface area contributed by atoms with Crippen LogP contribution in [0.2, 0.25) is 0 Å². The van der Waals surface area contributed by atoms with Gasteiger partial charge in [-0.1, -0.05) is 54.6 Å². The van der Waals surface area contributed by atoms with Crippen LogP contribution in [0.3, 0.4) is 0 Å². The number of benzene rings is 2. The van der Waals surface area contributed by atoms with Crippen LogP contribution in [0.4, 0.5) is 16.3 Å². The molecule has 1 aliphatic rings. The predicted molar refractivity (Wildman–Crippen MR) is 141 cm³/mol. The van der Waals surface area contributed by atoms with Gasteiger partial charge in [0.2, 0.25) is 0 Å². The van der Waals surface area contributed by atoms with Crippen LogP contribution in [-0.4, -0.2) is 23.1 Å². The van der Waals surface area contributed by atoms with E-state index in [0.29, 0.717) is 12.1 Å². The van der Waals surface area contributed by atoms with Gasteiger partial charge in [-0.25, -0.2) is 9.78 Å². The predicted octanol–water partition coefficient (Wildman–Crippen LogP) is 6.13. The second kappa shape index (κ2) is 11.3. The van der Waals surface area contributed by atoms with Crippen molar-refractivity contribution >= 4 is 23.1 Å². The molecule has 4 rings (SSSR count). The van der Waals surface area contributed by atoms with Crippen LogP contribution >= 0.6 is 0 Å². The van der Waals surface area contributed by atoms with Crippen molar-refractivity contribution in [3.05, 3.63) is 96.2 Å². The fourth-order valence-corrected chi connectivity index (χ4v) is 4.49. The van der Waals surface area contributed by atoms with Crippen LogP contribution in [0, 0.1) is 11.3 Å². The molecular formula is C29H31N5O. The lowest BCUT2D eigenvalue weighted by Crippen LogP contribution is -2.48. The van der Waals surface area contributed by atoms with Crippen molar-refractivity contribution in [1.82, 2.24) is 10.3 Å². The number of hydrogen-bond acceptors (Lipinski definition) is 4. The Morgan fingerprint density at radius 3 is 2.37 bits per heavy atom. The Morgan fingerprint density at radius 2 is 1.77 bits per heavy atom. The van der Waals surface area contributed by atoms with Crippen molar-refractivity contribution in [3.8, 4) is 6.07 Å². The minimum Gasteiger partial charge on any atom is -0.367 e. The first-order chi connectivity index (χ1) is 17.0. The van der Waals surface area contributed by atoms with Gasteiger partial charge < -0.3 is 10.6 Å². The minimum atomic E-state index is -0.0814. The summed E-state index contributed by atoms with van der Waals surface area (Å²) in [5, 5.41) is 15.6. The van der Waals surface area contributed by atoms with E-state index < -0.39 is 0 Å². The van der Waals surface area contributed by atoms with E-state index in [1.54, 1.807) is 12.3 Å². The summed E-state index contributed by atoms with van der Waals surface area (Å²) in [4.78, 5) is 19.7. The largest absolute Gasteiger partial charge is 0.367 e. The average molecular weight is 466 g/mol. The van der Waals surface area contributed by atoms with Crippen LogP contribution in [0.1, 0.15) is 49.3 Å². The molecule has 6 nitrogen and oxygen atoms in total. The SMILES string of the molecule is C=C(C)c1ccc(N(C(=O)NCc2ccccc2)C2CCC(Nc3ccc(C#N)cn3)CC2)cc1. The smallest absolute Gasteiger partial charge is 0.322 e. The zero-order valence-electron chi connectivity index (χ0n) is 20.1. The maximum atomic E-state index is 13.4. The molecule has 0 atom stereocenters. The Kier molecular flexibility index (Phi) is 7.79. The second-order valence-electron chi connectivity index (χ2n) is 9.04. The number of carbonyl (C=O) groups excluding carboxylic acids is 1. The monoisotopic (exact) mass is 465 g/mol. The van der Waals surface area contributed by atoms with Crippen LogP contribution in [0.5, 0.6) is 0 Å². The molecule has 6 heteroatoms. The zero-order chi connectivity index (χ0) is 24.6. The number of pyridine rings is 1. The lowest BCUT2D eigenvalue weighted by molar-refractivity contribution is 0.240. The van der Waals surface area contributed by atoms with Crippen LogP contribution in [0.15, 0.2) is 79.5 Å². The van der Waals surface area contributed by atoms with Crippen molar-refractivity contribution in [3.63, 3.8) is 0 Å². The summed E-state index contributed by atoms with van der Waals surface area (Å²) in [5.41, 5.74) is 4.59. The third-order valence-electron chi connectivity index (χ3n) is 6.45. The molecule has 0 aliphatic heterocycles. The van der Waals surface area contributed by atoms with Crippen LogP contribution in [-0.2, 0) is 6.54 Å². The number of amides is 2. The maximum absolute atomic E-state index is 13.4. The molecule has 35 heavy (non-hydrogen) atoms. The molecule has 2 amide bonds. The fraction of sp³-hybridized carbons (Fsp3) is 0.276. The molecular weight excluding hydrogens is 434 g/mol. The number of hydrogen-bond donors (Lipinski definition) is 2. The third-order valence-corrected chi connectivity index (χ3v) is 6.45. The highest BCUT2D eigenvalue weighted by atomic mass is 16.2. The Labute approximate surface area is 207 Å². The van der Waals surface area contributed by atoms with Crippen molar-refractivity contribution in [2.75, 3.05) is 10.2 Å². The van der Waals surface area contributed by atoms with E-state index in [0.717, 1.165) is 53.9 Å². The molecule has 0 unspecified atom stereocenters. The number of urea groups is 1. The summed E-state index contributed by atoms with van der Waals surface area (Å²) in [7, 11) is 0. The highest BCUT2D eigenvalue weighted by Crippen LogP contribution is 2.30. The van der Waals surface area contributed by atoms with Crippen LogP contribution in [0.25, 0.3) is 5.57 Å². The Hall–Kier alpha value is -4.11. The summed E-state index contributed by atoms with van der Waals surface area (Å²) in [6.07, 6.45) is 5.21. The summed E-state index contributed by atoms with van der Waals surface area (Å²) in [6, 6.07) is 24.1. The first-order valence-corrected chi connectivity index (χ1v) is 12.0. The number of nitrogens with one attached hydrogen (secondary N) is 2. The Bertz CT molecular complexity index is 1170. The summed E-state index contributed by atoms with van der Waals surface area (Å²) < 4.78 is 0. The highest BCUT2D eigenvalue weighted by Gasteiger charge is 2.30. The molecule has 1 saturated carbocycles. The number of nitrogens with zero attached hydrogens (tertiary/aromatic N) is 3. The van der Waals surface area contributed by atoms with E-state index in [1.807, 2.05) is 72.5 Å². The second-order valence-corrected chi connectivity index (χ2v) is 9.04. The number of nitriles is 1. The van der Waals surface area contributed by atoms with Gasteiger partial charge in [-0.15, -0.1) is 0 Å². The van der Waals surface area contributed by atoms with E-state index in [4.69, 9.17) is 5.26 Å². The van der Waals surface area contributed by atoms with Gasteiger partial charge >= 0.3 is 6.03 Å². The molecule has 0 radical (unpaired) electrons. The van der Waals surface area contributed by atoms with Gasteiger partial charge in [0.15, 0.2) is 0 Å². The number of anilines is 2. The molecule has 2 aromatic carbocycles. The van der Waals surface area contributed by atoms with Crippen molar-refractivity contribution in [2.45, 2.75) is 51.2 Å². The van der Waals surface area contributed by atoms with Gasteiger partial charge in [-0.3, -0.25) is 4.90 Å². The van der Waals surface area contributed by atoms with Gasteiger partial charge in [0.05, 0.1) is 5.56 Å². The first-order valence-electron chi connectivity index (χ1n) is 12.0.